The van der Waals surface area contributed by atoms with Crippen molar-refractivity contribution in [3.05, 3.63) is 47.9 Å². The van der Waals surface area contributed by atoms with Crippen molar-refractivity contribution in [2.24, 2.45) is 0 Å². The fraction of sp³-hybridized carbons (Fsp3) is 0.214. The second-order valence-electron chi connectivity index (χ2n) is 4.57. The van der Waals surface area contributed by atoms with Crippen LogP contribution >= 0.6 is 0 Å². The first-order valence-electron chi connectivity index (χ1n) is 6.40. The number of nitrogens with one attached hydrogen (secondary N) is 1. The molecule has 0 aliphatic rings. The lowest BCUT2D eigenvalue weighted by Gasteiger charge is -2.14. The highest BCUT2D eigenvalue weighted by atomic mass is 32.2. The van der Waals surface area contributed by atoms with Crippen molar-refractivity contribution in [1.82, 2.24) is 4.98 Å². The van der Waals surface area contributed by atoms with Crippen LogP contribution in [0.5, 0.6) is 5.75 Å². The van der Waals surface area contributed by atoms with E-state index in [-0.39, 0.29) is 28.6 Å². The van der Waals surface area contributed by atoms with Crippen LogP contribution in [0.3, 0.4) is 0 Å². The molecule has 0 amide bonds. The molecule has 0 spiro atoms. The fourth-order valence-corrected chi connectivity index (χ4v) is 2.71. The number of pyridine rings is 1. The molecule has 1 heterocycles. The summed E-state index contributed by atoms with van der Waals surface area (Å²) in [7, 11) is -3.55. The summed E-state index contributed by atoms with van der Waals surface area (Å²) in [6.45, 7) is -3.37. The van der Waals surface area contributed by atoms with Crippen LogP contribution in [-0.4, -0.2) is 26.3 Å². The van der Waals surface area contributed by atoms with Gasteiger partial charge in [0.1, 0.15) is 22.3 Å². The zero-order valence-electron chi connectivity index (χ0n) is 12.0. The van der Waals surface area contributed by atoms with Crippen molar-refractivity contribution in [3.63, 3.8) is 0 Å². The molecule has 1 N–H and O–H groups in total. The number of sulfone groups is 1. The predicted molar refractivity (Wildman–Crippen MR) is 77.7 cm³/mol. The molecule has 0 radical (unpaired) electrons. The van der Waals surface area contributed by atoms with Crippen LogP contribution in [0.15, 0.2) is 41.4 Å². The fourth-order valence-electron chi connectivity index (χ4n) is 1.91. The Morgan fingerprint density at radius 1 is 1.26 bits per heavy atom. The van der Waals surface area contributed by atoms with Crippen LogP contribution < -0.4 is 10.1 Å². The van der Waals surface area contributed by atoms with Gasteiger partial charge in [0.25, 0.3) is 0 Å². The van der Waals surface area contributed by atoms with E-state index in [1.54, 1.807) is 0 Å². The minimum absolute atomic E-state index is 0.00116. The zero-order valence-corrected chi connectivity index (χ0v) is 12.8. The van der Waals surface area contributed by atoms with Crippen LogP contribution in [0.1, 0.15) is 5.56 Å². The van der Waals surface area contributed by atoms with Crippen molar-refractivity contribution < 1.29 is 26.3 Å². The normalized spacial score (nSPS) is 11.5. The van der Waals surface area contributed by atoms with Gasteiger partial charge in [0, 0.05) is 24.6 Å². The Kier molecular flexibility index (Phi) is 5.09. The molecule has 0 bridgehead atoms. The largest absolute Gasteiger partial charge is 0.434 e. The third kappa shape index (κ3) is 4.35. The van der Waals surface area contributed by atoms with Gasteiger partial charge in [-0.3, -0.25) is 0 Å². The van der Waals surface area contributed by atoms with Crippen LogP contribution in [0.25, 0.3) is 0 Å². The molecule has 23 heavy (non-hydrogen) atoms. The lowest BCUT2D eigenvalue weighted by molar-refractivity contribution is -0.0505. The molecule has 1 aromatic heterocycles. The van der Waals surface area contributed by atoms with E-state index in [4.69, 9.17) is 0 Å². The molecule has 2 rings (SSSR count). The average Bonchev–Trinajstić information content (AvgIpc) is 2.45. The summed E-state index contributed by atoms with van der Waals surface area (Å²) in [4.78, 5) is 3.80. The summed E-state index contributed by atoms with van der Waals surface area (Å²) in [5, 5.41) is 2.64. The Morgan fingerprint density at radius 3 is 2.65 bits per heavy atom. The van der Waals surface area contributed by atoms with Gasteiger partial charge >= 0.3 is 6.61 Å². The molecular formula is C14H13F3N2O3S. The van der Waals surface area contributed by atoms with E-state index in [0.717, 1.165) is 12.3 Å². The monoisotopic (exact) mass is 346 g/mol. The Balaban J connectivity index is 2.29. The molecule has 2 aromatic rings. The topological polar surface area (TPSA) is 68.3 Å². The van der Waals surface area contributed by atoms with Gasteiger partial charge in [0.05, 0.1) is 0 Å². The number of nitrogens with zero attached hydrogens (tertiary/aromatic N) is 1. The van der Waals surface area contributed by atoms with Gasteiger partial charge in [-0.1, -0.05) is 6.07 Å². The smallest absolute Gasteiger partial charge is 0.387 e. The molecule has 0 unspecified atom stereocenters. The second-order valence-corrected chi connectivity index (χ2v) is 6.56. The number of ether oxygens (including phenoxy) is 1. The summed E-state index contributed by atoms with van der Waals surface area (Å²) < 4.78 is 66.1. The van der Waals surface area contributed by atoms with Crippen LogP contribution in [-0.2, 0) is 16.4 Å². The van der Waals surface area contributed by atoms with Crippen molar-refractivity contribution in [1.29, 1.82) is 0 Å². The summed E-state index contributed by atoms with van der Waals surface area (Å²) in [5.74, 6) is -1.09. The third-order valence-corrected chi connectivity index (χ3v) is 4.02. The molecule has 5 nitrogen and oxygen atoms in total. The molecule has 0 aliphatic heterocycles. The van der Waals surface area contributed by atoms with Crippen molar-refractivity contribution in [2.75, 3.05) is 11.6 Å². The third-order valence-electron chi connectivity index (χ3n) is 2.89. The number of hydrogen-bond donors (Lipinski definition) is 1. The quantitative estimate of drug-likeness (QED) is 0.871. The summed E-state index contributed by atoms with van der Waals surface area (Å²) in [6, 6.07) is 6.30. The van der Waals surface area contributed by atoms with E-state index in [1.807, 2.05) is 0 Å². The van der Waals surface area contributed by atoms with Crippen LogP contribution in [0, 0.1) is 5.82 Å². The molecule has 0 saturated heterocycles. The molecule has 9 heteroatoms. The van der Waals surface area contributed by atoms with Gasteiger partial charge < -0.3 is 10.1 Å². The Morgan fingerprint density at radius 2 is 2.00 bits per heavy atom. The maximum Gasteiger partial charge on any atom is 0.387 e. The summed E-state index contributed by atoms with van der Waals surface area (Å²) >= 11 is 0. The molecule has 124 valence electrons. The molecule has 1 aromatic carbocycles. The Bertz CT molecular complexity index is 798. The number of benzene rings is 1. The standard InChI is InChI=1S/C14H13F3N2O3S/c1-23(20,21)12-6-3-7-18-13(12)19-8-9-10(15)4-2-5-11(9)22-14(16)17/h2-7,14H,8H2,1H3,(H,18,19). The van der Waals surface area contributed by atoms with Crippen molar-refractivity contribution in [3.8, 4) is 5.75 Å². The Hall–Kier alpha value is -2.29. The number of alkyl halides is 2. The van der Waals surface area contributed by atoms with Crippen molar-refractivity contribution in [2.45, 2.75) is 18.1 Å². The molecular weight excluding hydrogens is 333 g/mol. The minimum Gasteiger partial charge on any atom is -0.434 e. The average molecular weight is 346 g/mol. The molecule has 0 saturated carbocycles. The summed E-state index contributed by atoms with van der Waals surface area (Å²) in [6.07, 6.45) is 2.36. The first-order chi connectivity index (χ1) is 10.8. The van der Waals surface area contributed by atoms with E-state index in [0.29, 0.717) is 0 Å². The van der Waals surface area contributed by atoms with Gasteiger partial charge in [-0.25, -0.2) is 17.8 Å². The van der Waals surface area contributed by atoms with E-state index in [9.17, 15) is 21.6 Å². The SMILES string of the molecule is CS(=O)(=O)c1cccnc1NCc1c(F)cccc1OC(F)F. The van der Waals surface area contributed by atoms with E-state index >= 15 is 0 Å². The number of rotatable bonds is 6. The highest BCUT2D eigenvalue weighted by Gasteiger charge is 2.17. The van der Waals surface area contributed by atoms with E-state index in [1.165, 1.54) is 30.5 Å². The second kappa shape index (κ2) is 6.86. The number of halogens is 3. The van der Waals surface area contributed by atoms with Gasteiger partial charge in [0.15, 0.2) is 9.84 Å². The van der Waals surface area contributed by atoms with E-state index in [2.05, 4.69) is 15.0 Å². The van der Waals surface area contributed by atoms with Gasteiger partial charge in [-0.05, 0) is 24.3 Å². The number of hydrogen-bond acceptors (Lipinski definition) is 5. The van der Waals surface area contributed by atoms with Crippen LogP contribution in [0.4, 0.5) is 19.0 Å². The highest BCUT2D eigenvalue weighted by Crippen LogP contribution is 2.25. The first-order valence-corrected chi connectivity index (χ1v) is 8.29. The zero-order chi connectivity index (χ0) is 17.0. The van der Waals surface area contributed by atoms with E-state index < -0.39 is 22.3 Å². The number of anilines is 1. The molecule has 0 aliphatic carbocycles. The summed E-state index contributed by atoms with van der Waals surface area (Å²) in [5.41, 5.74) is -0.155. The number of aromatic nitrogens is 1. The molecule has 0 fully saturated rings. The predicted octanol–water partition coefficient (Wildman–Crippen LogP) is 2.84. The van der Waals surface area contributed by atoms with Gasteiger partial charge in [-0.15, -0.1) is 0 Å². The van der Waals surface area contributed by atoms with Crippen LogP contribution in [0.2, 0.25) is 0 Å². The lowest BCUT2D eigenvalue weighted by atomic mass is 10.2. The van der Waals surface area contributed by atoms with Crippen molar-refractivity contribution >= 4 is 15.7 Å². The Labute approximate surface area is 131 Å². The first kappa shape index (κ1) is 17.1. The minimum atomic E-state index is -3.55. The van der Waals surface area contributed by atoms with Gasteiger partial charge in [-0.2, -0.15) is 8.78 Å². The highest BCUT2D eigenvalue weighted by molar-refractivity contribution is 7.90. The van der Waals surface area contributed by atoms with Gasteiger partial charge in [0.2, 0.25) is 0 Å². The maximum atomic E-state index is 13.8. The lowest BCUT2D eigenvalue weighted by Crippen LogP contribution is -2.11. The molecule has 0 atom stereocenters. The maximum absolute atomic E-state index is 13.8.